The molecule has 4 saturated carbocycles. The highest BCUT2D eigenvalue weighted by Gasteiger charge is 2.60. The smallest absolute Gasteiger partial charge is 0.228 e. The van der Waals surface area contributed by atoms with Gasteiger partial charge in [-0.2, -0.15) is 0 Å². The van der Waals surface area contributed by atoms with Gasteiger partial charge in [-0.25, -0.2) is 0 Å². The van der Waals surface area contributed by atoms with Crippen molar-refractivity contribution in [3.8, 4) is 0 Å². The Bertz CT molecular complexity index is 362. The van der Waals surface area contributed by atoms with Crippen LogP contribution >= 0.6 is 11.6 Å². The molecule has 0 spiro atoms. The maximum atomic E-state index is 12.7. The van der Waals surface area contributed by atoms with Crippen LogP contribution < -0.4 is 0 Å². The fourth-order valence-corrected chi connectivity index (χ4v) is 5.95. The predicted molar refractivity (Wildman–Crippen MR) is 66.9 cm³/mol. The lowest BCUT2D eigenvalue weighted by Crippen LogP contribution is -2.60. The Labute approximate surface area is 108 Å². The van der Waals surface area contributed by atoms with Crippen molar-refractivity contribution in [3.63, 3.8) is 0 Å². The van der Waals surface area contributed by atoms with Crippen molar-refractivity contribution in [2.75, 3.05) is 13.1 Å². The van der Waals surface area contributed by atoms with Crippen molar-refractivity contribution >= 4 is 17.5 Å². The van der Waals surface area contributed by atoms with Crippen molar-refractivity contribution in [3.05, 3.63) is 0 Å². The molecule has 1 saturated heterocycles. The molecule has 0 aromatic carbocycles. The van der Waals surface area contributed by atoms with E-state index < -0.39 is 0 Å². The Kier molecular flexibility index (Phi) is 2.01. The van der Waals surface area contributed by atoms with Gasteiger partial charge in [-0.1, -0.05) is 0 Å². The summed E-state index contributed by atoms with van der Waals surface area (Å²) in [5.74, 6) is 1.92. The normalized spacial score (nSPS) is 51.5. The first-order chi connectivity index (χ1) is 8.09. The summed E-state index contributed by atoms with van der Waals surface area (Å²) in [6, 6.07) is 0. The molecule has 5 aliphatic rings. The molecule has 0 aromatic rings. The number of halogens is 1. The molecule has 0 N–H and O–H groups in total. The van der Waals surface area contributed by atoms with Gasteiger partial charge in [-0.3, -0.25) is 4.79 Å². The standard InChI is InChI=1S/C14H20ClNO/c15-14-7-10-4-11(8-14)6-13(5-10,9-14)12(17)16-2-1-3-16/h10-11H,1-9H2. The summed E-state index contributed by atoms with van der Waals surface area (Å²) in [4.78, 5) is 14.7. The van der Waals surface area contributed by atoms with Crippen LogP contribution in [0, 0.1) is 17.3 Å². The maximum absolute atomic E-state index is 12.7. The molecule has 2 unspecified atom stereocenters. The van der Waals surface area contributed by atoms with Gasteiger partial charge in [0.15, 0.2) is 0 Å². The van der Waals surface area contributed by atoms with E-state index >= 15 is 0 Å². The molecule has 5 rings (SSSR count). The quantitative estimate of drug-likeness (QED) is 0.658. The molecule has 94 valence electrons. The van der Waals surface area contributed by atoms with Gasteiger partial charge < -0.3 is 4.90 Å². The Morgan fingerprint density at radius 3 is 2.24 bits per heavy atom. The van der Waals surface area contributed by atoms with Gasteiger partial charge in [-0.15, -0.1) is 11.6 Å². The zero-order valence-electron chi connectivity index (χ0n) is 10.3. The van der Waals surface area contributed by atoms with Gasteiger partial charge in [0.05, 0.1) is 5.41 Å². The Hall–Kier alpha value is -0.240. The van der Waals surface area contributed by atoms with Gasteiger partial charge in [0.25, 0.3) is 0 Å². The molecule has 1 amide bonds. The molecular weight excluding hydrogens is 234 g/mol. The summed E-state index contributed by atoms with van der Waals surface area (Å²) < 4.78 is 0. The molecule has 4 aliphatic carbocycles. The summed E-state index contributed by atoms with van der Waals surface area (Å²) in [6.07, 6.45) is 8.09. The Balaban J connectivity index is 1.66. The molecule has 0 aromatic heterocycles. The second-order valence-electron chi connectivity index (χ2n) is 7.04. The van der Waals surface area contributed by atoms with Crippen LogP contribution in [0.3, 0.4) is 0 Å². The molecule has 1 heterocycles. The minimum Gasteiger partial charge on any atom is -0.342 e. The largest absolute Gasteiger partial charge is 0.342 e. The molecule has 1 aliphatic heterocycles. The zero-order chi connectivity index (χ0) is 11.7. The van der Waals surface area contributed by atoms with E-state index in [4.69, 9.17) is 11.6 Å². The van der Waals surface area contributed by atoms with Crippen LogP contribution in [-0.2, 0) is 4.79 Å². The highest BCUT2D eigenvalue weighted by atomic mass is 35.5. The second-order valence-corrected chi connectivity index (χ2v) is 7.84. The third-order valence-electron chi connectivity index (χ3n) is 5.59. The van der Waals surface area contributed by atoms with Crippen molar-refractivity contribution in [1.82, 2.24) is 4.90 Å². The summed E-state index contributed by atoms with van der Waals surface area (Å²) in [7, 11) is 0. The number of nitrogens with zero attached hydrogens (tertiary/aromatic N) is 1. The van der Waals surface area contributed by atoms with Crippen molar-refractivity contribution in [2.45, 2.75) is 49.8 Å². The Morgan fingerprint density at radius 1 is 1.12 bits per heavy atom. The Morgan fingerprint density at radius 2 is 1.76 bits per heavy atom. The van der Waals surface area contributed by atoms with E-state index in [-0.39, 0.29) is 10.3 Å². The van der Waals surface area contributed by atoms with Crippen molar-refractivity contribution in [2.24, 2.45) is 17.3 Å². The molecule has 3 heteroatoms. The summed E-state index contributed by atoms with van der Waals surface area (Å²) >= 11 is 6.76. The molecule has 17 heavy (non-hydrogen) atoms. The monoisotopic (exact) mass is 253 g/mol. The van der Waals surface area contributed by atoms with E-state index in [0.29, 0.717) is 5.91 Å². The minimum atomic E-state index is -0.0494. The zero-order valence-corrected chi connectivity index (χ0v) is 11.0. The van der Waals surface area contributed by atoms with E-state index in [9.17, 15) is 4.79 Å². The van der Waals surface area contributed by atoms with E-state index in [1.54, 1.807) is 0 Å². The van der Waals surface area contributed by atoms with Crippen molar-refractivity contribution in [1.29, 1.82) is 0 Å². The van der Waals surface area contributed by atoms with Gasteiger partial charge in [-0.05, 0) is 56.8 Å². The number of hydrogen-bond acceptors (Lipinski definition) is 1. The van der Waals surface area contributed by atoms with E-state index in [0.717, 1.165) is 44.2 Å². The van der Waals surface area contributed by atoms with Crippen LogP contribution in [0.5, 0.6) is 0 Å². The number of rotatable bonds is 1. The van der Waals surface area contributed by atoms with Gasteiger partial charge in [0, 0.05) is 18.0 Å². The van der Waals surface area contributed by atoms with E-state index in [1.165, 1.54) is 25.7 Å². The number of carbonyl (C=O) groups is 1. The predicted octanol–water partition coefficient (Wildman–Crippen LogP) is 2.80. The van der Waals surface area contributed by atoms with E-state index in [2.05, 4.69) is 4.90 Å². The van der Waals surface area contributed by atoms with Crippen LogP contribution in [0.1, 0.15) is 44.9 Å². The lowest BCUT2D eigenvalue weighted by Gasteiger charge is -2.60. The molecule has 5 fully saturated rings. The molecule has 4 bridgehead atoms. The topological polar surface area (TPSA) is 20.3 Å². The average Bonchev–Trinajstić information content (AvgIpc) is 2.10. The van der Waals surface area contributed by atoms with Gasteiger partial charge >= 0.3 is 0 Å². The first-order valence-corrected chi connectivity index (χ1v) is 7.45. The summed E-state index contributed by atoms with van der Waals surface area (Å²) in [5.41, 5.74) is -0.0494. The molecular formula is C14H20ClNO. The van der Waals surface area contributed by atoms with Crippen molar-refractivity contribution < 1.29 is 4.79 Å². The third kappa shape index (κ3) is 1.43. The van der Waals surface area contributed by atoms with Crippen LogP contribution in [0.2, 0.25) is 0 Å². The SMILES string of the molecule is O=C(N1CCC1)C12CC3CC(CC(Cl)(C3)C1)C2. The second kappa shape index (κ2) is 3.20. The van der Waals surface area contributed by atoms with Crippen LogP contribution in [0.4, 0.5) is 0 Å². The van der Waals surface area contributed by atoms with Crippen LogP contribution in [-0.4, -0.2) is 28.8 Å². The summed E-state index contributed by atoms with van der Waals surface area (Å²) in [6.45, 7) is 1.98. The lowest BCUT2D eigenvalue weighted by atomic mass is 9.49. The maximum Gasteiger partial charge on any atom is 0.228 e. The fourth-order valence-electron chi connectivity index (χ4n) is 5.26. The molecule has 2 nitrogen and oxygen atoms in total. The van der Waals surface area contributed by atoms with Gasteiger partial charge in [0.1, 0.15) is 0 Å². The number of hydrogen-bond donors (Lipinski definition) is 0. The number of alkyl halides is 1. The van der Waals surface area contributed by atoms with Gasteiger partial charge in [0.2, 0.25) is 5.91 Å². The van der Waals surface area contributed by atoms with Crippen LogP contribution in [0.25, 0.3) is 0 Å². The number of amides is 1. The lowest BCUT2D eigenvalue weighted by molar-refractivity contribution is -0.159. The first-order valence-electron chi connectivity index (χ1n) is 7.07. The molecule has 2 atom stereocenters. The summed E-state index contributed by atoms with van der Waals surface area (Å²) in [5, 5.41) is 0. The highest BCUT2D eigenvalue weighted by molar-refractivity contribution is 6.24. The average molecular weight is 254 g/mol. The number of likely N-dealkylation sites (tertiary alicyclic amines) is 1. The van der Waals surface area contributed by atoms with E-state index in [1.807, 2.05) is 0 Å². The minimum absolute atomic E-state index is 0.0232. The molecule has 0 radical (unpaired) electrons. The number of carbonyl (C=O) groups excluding carboxylic acids is 1. The van der Waals surface area contributed by atoms with Crippen LogP contribution in [0.15, 0.2) is 0 Å². The third-order valence-corrected chi connectivity index (χ3v) is 6.03. The highest BCUT2D eigenvalue weighted by Crippen LogP contribution is 2.64. The first kappa shape index (κ1) is 10.7. The fraction of sp³-hybridized carbons (Fsp3) is 0.929.